The van der Waals surface area contributed by atoms with Crippen LogP contribution in [0.4, 0.5) is 10.1 Å². The Balaban J connectivity index is 1.88. The fourth-order valence-corrected chi connectivity index (χ4v) is 2.08. The molecule has 0 spiro atoms. The van der Waals surface area contributed by atoms with Gasteiger partial charge in [0.05, 0.1) is 17.3 Å². The number of amides is 1. The Morgan fingerprint density at radius 1 is 1.24 bits per heavy atom. The van der Waals surface area contributed by atoms with Gasteiger partial charge in [0, 0.05) is 6.04 Å². The fraction of sp³-hybridized carbons (Fsp3) is 0.188. The van der Waals surface area contributed by atoms with Gasteiger partial charge in [0.15, 0.2) is 0 Å². The summed E-state index contributed by atoms with van der Waals surface area (Å²) in [5.41, 5.74) is 1.37. The molecule has 0 aliphatic rings. The lowest BCUT2D eigenvalue weighted by molar-refractivity contribution is -0.115. The second kappa shape index (κ2) is 7.20. The monoisotopic (exact) mass is 306 g/mol. The molecule has 0 radical (unpaired) electrons. The minimum absolute atomic E-state index is 0.114. The summed E-state index contributed by atoms with van der Waals surface area (Å²) in [6.45, 7) is 1.99. The molecular formula is C16H16ClFN2O. The van der Waals surface area contributed by atoms with Gasteiger partial charge >= 0.3 is 0 Å². The number of anilines is 1. The second-order valence-electron chi connectivity index (χ2n) is 4.69. The van der Waals surface area contributed by atoms with Gasteiger partial charge in [-0.1, -0.05) is 35.9 Å². The quantitative estimate of drug-likeness (QED) is 0.883. The van der Waals surface area contributed by atoms with Gasteiger partial charge in [-0.2, -0.15) is 0 Å². The molecule has 5 heteroatoms. The molecule has 0 fully saturated rings. The molecule has 2 aromatic rings. The third-order valence-electron chi connectivity index (χ3n) is 3.07. The molecule has 0 aromatic heterocycles. The maximum atomic E-state index is 13.1. The lowest BCUT2D eigenvalue weighted by Crippen LogP contribution is -2.30. The van der Waals surface area contributed by atoms with Crippen molar-refractivity contribution in [2.45, 2.75) is 13.0 Å². The Kier molecular flexibility index (Phi) is 5.31. The molecule has 21 heavy (non-hydrogen) atoms. The first-order valence-corrected chi connectivity index (χ1v) is 6.97. The first-order valence-electron chi connectivity index (χ1n) is 6.59. The van der Waals surface area contributed by atoms with E-state index in [-0.39, 0.29) is 24.3 Å². The minimum atomic E-state index is -0.290. The van der Waals surface area contributed by atoms with Gasteiger partial charge in [0.1, 0.15) is 5.82 Å². The summed E-state index contributed by atoms with van der Waals surface area (Å²) in [5.74, 6) is -0.493. The number of hydrogen-bond donors (Lipinski definition) is 2. The highest BCUT2D eigenvalue weighted by atomic mass is 35.5. The average Bonchev–Trinajstić information content (AvgIpc) is 2.47. The van der Waals surface area contributed by atoms with Crippen LogP contribution in [0.5, 0.6) is 0 Å². The molecule has 110 valence electrons. The summed E-state index contributed by atoms with van der Waals surface area (Å²) < 4.78 is 13.1. The van der Waals surface area contributed by atoms with E-state index in [4.69, 9.17) is 11.6 Å². The van der Waals surface area contributed by atoms with Crippen molar-refractivity contribution in [3.63, 3.8) is 0 Å². The molecule has 2 rings (SSSR count). The van der Waals surface area contributed by atoms with Gasteiger partial charge < -0.3 is 10.6 Å². The van der Waals surface area contributed by atoms with Crippen LogP contribution in [0.25, 0.3) is 0 Å². The molecular weight excluding hydrogens is 291 g/mol. The molecule has 0 aliphatic heterocycles. The second-order valence-corrected chi connectivity index (χ2v) is 5.09. The highest BCUT2D eigenvalue weighted by molar-refractivity contribution is 6.33. The Bertz CT molecular complexity index is 633. The van der Waals surface area contributed by atoms with Gasteiger partial charge in [-0.3, -0.25) is 4.79 Å². The Labute approximate surface area is 128 Å². The molecule has 0 aliphatic carbocycles. The summed E-state index contributed by atoms with van der Waals surface area (Å²) in [6, 6.07) is 13.2. The Morgan fingerprint density at radius 3 is 2.71 bits per heavy atom. The Morgan fingerprint density at radius 2 is 2.00 bits per heavy atom. The number of benzene rings is 2. The first kappa shape index (κ1) is 15.5. The van der Waals surface area contributed by atoms with Crippen molar-refractivity contribution in [2.75, 3.05) is 11.9 Å². The summed E-state index contributed by atoms with van der Waals surface area (Å²) >= 11 is 5.97. The average molecular weight is 307 g/mol. The zero-order valence-corrected chi connectivity index (χ0v) is 12.3. The van der Waals surface area contributed by atoms with Crippen LogP contribution in [0.3, 0.4) is 0 Å². The van der Waals surface area contributed by atoms with E-state index in [0.717, 1.165) is 5.56 Å². The molecule has 0 heterocycles. The normalized spacial score (nSPS) is 12.0. The molecule has 2 N–H and O–H groups in total. The predicted octanol–water partition coefficient (Wildman–Crippen LogP) is 3.77. The molecule has 0 saturated heterocycles. The minimum Gasteiger partial charge on any atom is -0.324 e. The summed E-state index contributed by atoms with van der Waals surface area (Å²) in [6.07, 6.45) is 0. The maximum absolute atomic E-state index is 13.1. The van der Waals surface area contributed by atoms with Crippen molar-refractivity contribution in [3.05, 3.63) is 64.9 Å². The van der Waals surface area contributed by atoms with E-state index in [1.54, 1.807) is 30.3 Å². The molecule has 0 bridgehead atoms. The lowest BCUT2D eigenvalue weighted by Gasteiger charge is -2.14. The van der Waals surface area contributed by atoms with Gasteiger partial charge in [-0.25, -0.2) is 4.39 Å². The number of nitrogens with one attached hydrogen (secondary N) is 2. The third kappa shape index (κ3) is 4.55. The number of carbonyl (C=O) groups is 1. The predicted molar refractivity (Wildman–Crippen MR) is 82.9 cm³/mol. The van der Waals surface area contributed by atoms with Crippen molar-refractivity contribution in [1.82, 2.24) is 5.32 Å². The van der Waals surface area contributed by atoms with E-state index in [2.05, 4.69) is 10.6 Å². The van der Waals surface area contributed by atoms with Crippen molar-refractivity contribution < 1.29 is 9.18 Å². The molecule has 0 saturated carbocycles. The number of para-hydroxylation sites is 1. The van der Waals surface area contributed by atoms with E-state index >= 15 is 0 Å². The largest absolute Gasteiger partial charge is 0.324 e. The summed E-state index contributed by atoms with van der Waals surface area (Å²) in [7, 11) is 0. The van der Waals surface area contributed by atoms with Crippen LogP contribution in [0.15, 0.2) is 48.5 Å². The van der Waals surface area contributed by atoms with Crippen LogP contribution in [0.1, 0.15) is 18.5 Å². The third-order valence-corrected chi connectivity index (χ3v) is 3.40. The Hall–Kier alpha value is -1.91. The maximum Gasteiger partial charge on any atom is 0.238 e. The van der Waals surface area contributed by atoms with Crippen LogP contribution in [-0.4, -0.2) is 12.5 Å². The first-order chi connectivity index (χ1) is 10.1. The van der Waals surface area contributed by atoms with Crippen molar-refractivity contribution in [3.8, 4) is 0 Å². The molecule has 1 unspecified atom stereocenters. The molecule has 1 amide bonds. The summed E-state index contributed by atoms with van der Waals surface area (Å²) in [5, 5.41) is 6.25. The van der Waals surface area contributed by atoms with E-state index in [0.29, 0.717) is 10.7 Å². The van der Waals surface area contributed by atoms with E-state index in [9.17, 15) is 9.18 Å². The van der Waals surface area contributed by atoms with Crippen LogP contribution in [0, 0.1) is 5.82 Å². The van der Waals surface area contributed by atoms with Crippen molar-refractivity contribution >= 4 is 23.2 Å². The number of carbonyl (C=O) groups excluding carboxylic acids is 1. The van der Waals surface area contributed by atoms with Gasteiger partial charge in [0.2, 0.25) is 5.91 Å². The fourth-order valence-electron chi connectivity index (χ4n) is 1.90. The van der Waals surface area contributed by atoms with Crippen molar-refractivity contribution in [2.24, 2.45) is 0 Å². The number of hydrogen-bond acceptors (Lipinski definition) is 2. The number of halogens is 2. The van der Waals surface area contributed by atoms with Gasteiger partial charge in [-0.15, -0.1) is 0 Å². The van der Waals surface area contributed by atoms with Crippen LogP contribution < -0.4 is 10.6 Å². The van der Waals surface area contributed by atoms with E-state index in [1.807, 2.05) is 13.0 Å². The zero-order chi connectivity index (χ0) is 15.2. The van der Waals surface area contributed by atoms with Gasteiger partial charge in [-0.05, 0) is 36.8 Å². The highest BCUT2D eigenvalue weighted by Gasteiger charge is 2.09. The summed E-state index contributed by atoms with van der Waals surface area (Å²) in [4.78, 5) is 11.9. The molecule has 1 atom stereocenters. The molecule has 3 nitrogen and oxygen atoms in total. The molecule has 2 aromatic carbocycles. The smallest absolute Gasteiger partial charge is 0.238 e. The zero-order valence-electron chi connectivity index (χ0n) is 11.6. The van der Waals surface area contributed by atoms with Crippen LogP contribution in [-0.2, 0) is 4.79 Å². The van der Waals surface area contributed by atoms with Crippen LogP contribution >= 0.6 is 11.6 Å². The van der Waals surface area contributed by atoms with Gasteiger partial charge in [0.25, 0.3) is 0 Å². The lowest BCUT2D eigenvalue weighted by atomic mass is 10.1. The number of rotatable bonds is 5. The van der Waals surface area contributed by atoms with Crippen LogP contribution in [0.2, 0.25) is 5.02 Å². The SMILES string of the molecule is CC(NCC(=O)Nc1ccccc1Cl)c1cccc(F)c1. The van der Waals surface area contributed by atoms with E-state index < -0.39 is 0 Å². The highest BCUT2D eigenvalue weighted by Crippen LogP contribution is 2.20. The van der Waals surface area contributed by atoms with Crippen molar-refractivity contribution in [1.29, 1.82) is 0 Å². The van der Waals surface area contributed by atoms with E-state index in [1.165, 1.54) is 12.1 Å². The topological polar surface area (TPSA) is 41.1 Å². The standard InChI is InChI=1S/C16H16ClFN2O/c1-11(12-5-4-6-13(18)9-12)19-10-16(21)20-15-8-3-2-7-14(15)17/h2-9,11,19H,10H2,1H3,(H,20,21).